The van der Waals surface area contributed by atoms with Crippen LogP contribution in [0, 0.1) is 5.41 Å². The van der Waals surface area contributed by atoms with Crippen molar-refractivity contribution >= 4 is 11.6 Å². The summed E-state index contributed by atoms with van der Waals surface area (Å²) >= 11 is 6.12. The first-order chi connectivity index (χ1) is 8.43. The second kappa shape index (κ2) is 5.10. The van der Waals surface area contributed by atoms with E-state index in [4.69, 9.17) is 22.1 Å². The molecule has 0 aliphatic heterocycles. The van der Waals surface area contributed by atoms with Gasteiger partial charge in [-0.2, -0.15) is 0 Å². The van der Waals surface area contributed by atoms with Crippen molar-refractivity contribution in [3.05, 3.63) is 28.8 Å². The van der Waals surface area contributed by atoms with E-state index in [1.807, 2.05) is 18.2 Å². The van der Waals surface area contributed by atoms with Gasteiger partial charge in [-0.3, -0.25) is 0 Å². The van der Waals surface area contributed by atoms with Gasteiger partial charge < -0.3 is 10.5 Å². The molecule has 0 radical (unpaired) electrons. The third-order valence-corrected chi connectivity index (χ3v) is 4.27. The van der Waals surface area contributed by atoms with E-state index in [0.717, 1.165) is 29.2 Å². The molecule has 1 aromatic rings. The summed E-state index contributed by atoms with van der Waals surface area (Å²) in [5.41, 5.74) is 7.81. The van der Waals surface area contributed by atoms with E-state index in [0.29, 0.717) is 11.3 Å². The Hall–Kier alpha value is -0.730. The van der Waals surface area contributed by atoms with E-state index in [-0.39, 0.29) is 6.04 Å². The lowest BCUT2D eigenvalue weighted by Gasteiger charge is -2.40. The highest BCUT2D eigenvalue weighted by Crippen LogP contribution is 2.45. The maximum atomic E-state index is 6.31. The van der Waals surface area contributed by atoms with Gasteiger partial charge in [-0.25, -0.2) is 0 Å². The Morgan fingerprint density at radius 3 is 2.78 bits per heavy atom. The first kappa shape index (κ1) is 13.7. The van der Waals surface area contributed by atoms with Crippen molar-refractivity contribution in [2.24, 2.45) is 11.1 Å². The molecule has 2 rings (SSSR count). The zero-order valence-electron chi connectivity index (χ0n) is 11.4. The minimum Gasteiger partial charge on any atom is -0.496 e. The van der Waals surface area contributed by atoms with Gasteiger partial charge in [-0.1, -0.05) is 25.4 Å². The van der Waals surface area contributed by atoms with Crippen molar-refractivity contribution in [1.82, 2.24) is 0 Å². The standard InChI is InChI=1S/C15H22ClNO/c1-15(2)7-6-13(17)12(9-15)11-8-10(16)4-5-14(11)18-3/h4-5,8,12-13H,6-7,9,17H2,1-3H3. The van der Waals surface area contributed by atoms with Crippen molar-refractivity contribution in [3.8, 4) is 5.75 Å². The molecule has 1 aliphatic rings. The molecular weight excluding hydrogens is 246 g/mol. The van der Waals surface area contributed by atoms with Crippen LogP contribution in [0.5, 0.6) is 5.75 Å². The molecule has 3 heteroatoms. The highest BCUT2D eigenvalue weighted by atomic mass is 35.5. The fourth-order valence-corrected chi connectivity index (χ4v) is 3.12. The number of hydrogen-bond acceptors (Lipinski definition) is 2. The largest absolute Gasteiger partial charge is 0.496 e. The van der Waals surface area contributed by atoms with Crippen LogP contribution >= 0.6 is 11.6 Å². The molecule has 1 aliphatic carbocycles. The first-order valence-corrected chi connectivity index (χ1v) is 6.90. The molecular formula is C15H22ClNO. The Bertz CT molecular complexity index is 431. The topological polar surface area (TPSA) is 35.2 Å². The lowest BCUT2D eigenvalue weighted by Crippen LogP contribution is -2.37. The molecule has 2 atom stereocenters. The van der Waals surface area contributed by atoms with Crippen LogP contribution in [-0.4, -0.2) is 13.2 Å². The lowest BCUT2D eigenvalue weighted by molar-refractivity contribution is 0.196. The molecule has 0 aromatic heterocycles. The van der Waals surface area contributed by atoms with E-state index in [2.05, 4.69) is 13.8 Å². The molecule has 1 fully saturated rings. The van der Waals surface area contributed by atoms with Gasteiger partial charge in [0.05, 0.1) is 7.11 Å². The molecule has 0 saturated heterocycles. The second-order valence-electron chi connectivity index (χ2n) is 6.06. The number of ether oxygens (including phenoxy) is 1. The molecule has 2 N–H and O–H groups in total. The van der Waals surface area contributed by atoms with Gasteiger partial charge in [0.15, 0.2) is 0 Å². The Kier molecular flexibility index (Phi) is 3.88. The summed E-state index contributed by atoms with van der Waals surface area (Å²) in [6.07, 6.45) is 3.34. The summed E-state index contributed by atoms with van der Waals surface area (Å²) in [7, 11) is 1.70. The number of halogens is 1. The van der Waals surface area contributed by atoms with Crippen LogP contribution in [0.1, 0.15) is 44.6 Å². The van der Waals surface area contributed by atoms with Crippen LogP contribution in [0.15, 0.2) is 18.2 Å². The normalized spacial score (nSPS) is 26.9. The predicted octanol–water partition coefficient (Wildman–Crippen LogP) is 3.97. The average Bonchev–Trinajstić information content (AvgIpc) is 2.32. The van der Waals surface area contributed by atoms with Gasteiger partial charge in [0.1, 0.15) is 5.75 Å². The molecule has 0 amide bonds. The summed E-state index contributed by atoms with van der Waals surface area (Å²) in [6, 6.07) is 6.01. The Labute approximate surface area is 114 Å². The fourth-order valence-electron chi connectivity index (χ4n) is 2.94. The van der Waals surface area contributed by atoms with Crippen LogP contribution in [-0.2, 0) is 0 Å². The third kappa shape index (κ3) is 2.81. The number of nitrogens with two attached hydrogens (primary N) is 1. The Balaban J connectivity index is 2.36. The highest BCUT2D eigenvalue weighted by molar-refractivity contribution is 6.30. The molecule has 0 spiro atoms. The first-order valence-electron chi connectivity index (χ1n) is 6.52. The van der Waals surface area contributed by atoms with Crippen LogP contribution < -0.4 is 10.5 Å². The average molecular weight is 268 g/mol. The number of hydrogen-bond donors (Lipinski definition) is 1. The third-order valence-electron chi connectivity index (χ3n) is 4.03. The zero-order chi connectivity index (χ0) is 13.3. The van der Waals surface area contributed by atoms with Gasteiger partial charge >= 0.3 is 0 Å². The Morgan fingerprint density at radius 2 is 2.11 bits per heavy atom. The summed E-state index contributed by atoms with van der Waals surface area (Å²) in [5.74, 6) is 1.24. The molecule has 0 bridgehead atoms. The van der Waals surface area contributed by atoms with Gasteiger partial charge in [-0.05, 0) is 42.9 Å². The molecule has 1 saturated carbocycles. The van der Waals surface area contributed by atoms with Crippen LogP contribution in [0.4, 0.5) is 0 Å². The smallest absolute Gasteiger partial charge is 0.122 e. The van der Waals surface area contributed by atoms with Crippen LogP contribution in [0.3, 0.4) is 0 Å². The van der Waals surface area contributed by atoms with Crippen molar-refractivity contribution in [3.63, 3.8) is 0 Å². The van der Waals surface area contributed by atoms with E-state index < -0.39 is 0 Å². The second-order valence-corrected chi connectivity index (χ2v) is 6.50. The summed E-state index contributed by atoms with van der Waals surface area (Å²) in [6.45, 7) is 4.62. The van der Waals surface area contributed by atoms with E-state index in [1.54, 1.807) is 7.11 Å². The quantitative estimate of drug-likeness (QED) is 0.880. The maximum absolute atomic E-state index is 6.31. The fraction of sp³-hybridized carbons (Fsp3) is 0.600. The van der Waals surface area contributed by atoms with Gasteiger partial charge in [0.25, 0.3) is 0 Å². The van der Waals surface area contributed by atoms with Crippen LogP contribution in [0.2, 0.25) is 5.02 Å². The SMILES string of the molecule is COc1ccc(Cl)cc1C1CC(C)(C)CCC1N. The van der Waals surface area contributed by atoms with Gasteiger partial charge in [-0.15, -0.1) is 0 Å². The monoisotopic (exact) mass is 267 g/mol. The summed E-state index contributed by atoms with van der Waals surface area (Å²) in [5, 5.41) is 0.751. The van der Waals surface area contributed by atoms with Crippen molar-refractivity contribution in [2.45, 2.75) is 45.1 Å². The summed E-state index contributed by atoms with van der Waals surface area (Å²) in [4.78, 5) is 0. The molecule has 100 valence electrons. The lowest BCUT2D eigenvalue weighted by atomic mass is 9.68. The predicted molar refractivity (Wildman–Crippen MR) is 76.4 cm³/mol. The van der Waals surface area contributed by atoms with Gasteiger partial charge in [0, 0.05) is 22.5 Å². The number of rotatable bonds is 2. The minimum absolute atomic E-state index is 0.199. The van der Waals surface area contributed by atoms with Crippen molar-refractivity contribution < 1.29 is 4.74 Å². The molecule has 2 unspecified atom stereocenters. The molecule has 1 aromatic carbocycles. The minimum atomic E-state index is 0.199. The zero-order valence-corrected chi connectivity index (χ0v) is 12.1. The highest BCUT2D eigenvalue weighted by Gasteiger charge is 2.35. The van der Waals surface area contributed by atoms with E-state index >= 15 is 0 Å². The summed E-state index contributed by atoms with van der Waals surface area (Å²) < 4.78 is 5.46. The van der Waals surface area contributed by atoms with Gasteiger partial charge in [0.2, 0.25) is 0 Å². The van der Waals surface area contributed by atoms with E-state index in [1.165, 1.54) is 6.42 Å². The van der Waals surface area contributed by atoms with Crippen molar-refractivity contribution in [2.75, 3.05) is 7.11 Å². The molecule has 0 heterocycles. The number of benzene rings is 1. The number of methoxy groups -OCH3 is 1. The Morgan fingerprint density at radius 1 is 1.39 bits per heavy atom. The molecule has 18 heavy (non-hydrogen) atoms. The maximum Gasteiger partial charge on any atom is 0.122 e. The van der Waals surface area contributed by atoms with Crippen molar-refractivity contribution in [1.29, 1.82) is 0 Å². The van der Waals surface area contributed by atoms with Crippen LogP contribution in [0.25, 0.3) is 0 Å². The molecule has 2 nitrogen and oxygen atoms in total. The van der Waals surface area contributed by atoms with E-state index in [9.17, 15) is 0 Å².